The number of halogens is 1. The van der Waals surface area contributed by atoms with Crippen molar-refractivity contribution < 1.29 is 9.90 Å². The van der Waals surface area contributed by atoms with Crippen LogP contribution in [0, 0.1) is 0 Å². The lowest BCUT2D eigenvalue weighted by Crippen LogP contribution is -2.42. The predicted molar refractivity (Wildman–Crippen MR) is 78.2 cm³/mol. The second-order valence-electron chi connectivity index (χ2n) is 5.06. The Bertz CT molecular complexity index is 461. The van der Waals surface area contributed by atoms with E-state index in [4.69, 9.17) is 5.11 Å². The van der Waals surface area contributed by atoms with E-state index in [1.807, 2.05) is 18.2 Å². The van der Waals surface area contributed by atoms with E-state index in [9.17, 15) is 4.79 Å². The summed E-state index contributed by atoms with van der Waals surface area (Å²) in [4.78, 5) is 13.3. The monoisotopic (exact) mass is 326 g/mol. The van der Waals surface area contributed by atoms with Crippen LogP contribution in [0.3, 0.4) is 0 Å². The zero-order valence-corrected chi connectivity index (χ0v) is 12.6. The molecule has 1 saturated carbocycles. The number of likely N-dealkylation sites (N-methyl/N-ethyl adjacent to an activating group) is 1. The zero-order valence-electron chi connectivity index (χ0n) is 11.0. The molecule has 1 fully saturated rings. The molecule has 0 saturated heterocycles. The van der Waals surface area contributed by atoms with Gasteiger partial charge in [-0.3, -0.25) is 0 Å². The number of hydrogen-bond donors (Lipinski definition) is 2. The van der Waals surface area contributed by atoms with Gasteiger partial charge in [-0.15, -0.1) is 0 Å². The summed E-state index contributed by atoms with van der Waals surface area (Å²) in [5.41, 5.74) is 1.34. The van der Waals surface area contributed by atoms with Crippen LogP contribution in [0.4, 0.5) is 4.79 Å². The average molecular weight is 327 g/mol. The van der Waals surface area contributed by atoms with Gasteiger partial charge in [0.15, 0.2) is 0 Å². The van der Waals surface area contributed by atoms with Crippen LogP contribution in [0.1, 0.15) is 18.4 Å². The highest BCUT2D eigenvalue weighted by atomic mass is 79.9. The third kappa shape index (κ3) is 3.28. The van der Waals surface area contributed by atoms with Crippen molar-refractivity contribution in [3.63, 3.8) is 0 Å². The molecular formula is C14H19BrN2O2. The quantitative estimate of drug-likeness (QED) is 0.870. The maximum Gasteiger partial charge on any atom is 0.317 e. The molecule has 0 bridgehead atoms. The van der Waals surface area contributed by atoms with E-state index in [1.165, 1.54) is 10.5 Å². The smallest absolute Gasteiger partial charge is 0.317 e. The Kier molecular flexibility index (Phi) is 4.47. The summed E-state index contributed by atoms with van der Waals surface area (Å²) in [5.74, 6) is 0. The van der Waals surface area contributed by atoms with E-state index in [0.29, 0.717) is 13.1 Å². The molecule has 0 radical (unpaired) electrons. The van der Waals surface area contributed by atoms with Gasteiger partial charge in [0.2, 0.25) is 0 Å². The molecule has 1 aromatic rings. The molecular weight excluding hydrogens is 308 g/mol. The van der Waals surface area contributed by atoms with E-state index >= 15 is 0 Å². The summed E-state index contributed by atoms with van der Waals surface area (Å²) < 4.78 is 1.10. The number of carbonyl (C=O) groups is 1. The van der Waals surface area contributed by atoms with Crippen LogP contribution < -0.4 is 5.32 Å². The minimum Gasteiger partial charge on any atom is -0.395 e. The van der Waals surface area contributed by atoms with Crippen molar-refractivity contribution in [2.45, 2.75) is 18.3 Å². The standard InChI is InChI=1S/C14H19BrN2O2/c1-17(8-9-18)13(19)16-10-14(6-7-14)11-4-2-3-5-12(11)15/h2-5,18H,6-10H2,1H3,(H,16,19). The van der Waals surface area contributed by atoms with E-state index < -0.39 is 0 Å². The second-order valence-corrected chi connectivity index (χ2v) is 5.92. The molecule has 0 aromatic heterocycles. The Hall–Kier alpha value is -1.07. The first kappa shape index (κ1) is 14.3. The molecule has 19 heavy (non-hydrogen) atoms. The van der Waals surface area contributed by atoms with Crippen LogP contribution in [0.15, 0.2) is 28.7 Å². The van der Waals surface area contributed by atoms with Crippen molar-refractivity contribution in [1.29, 1.82) is 0 Å². The molecule has 104 valence electrons. The van der Waals surface area contributed by atoms with Gasteiger partial charge in [0.1, 0.15) is 0 Å². The number of hydrogen-bond acceptors (Lipinski definition) is 2. The third-order valence-electron chi connectivity index (χ3n) is 3.66. The molecule has 1 aromatic carbocycles. The number of benzene rings is 1. The maximum absolute atomic E-state index is 11.8. The molecule has 1 aliphatic rings. The average Bonchev–Trinajstić information content (AvgIpc) is 3.18. The third-order valence-corrected chi connectivity index (χ3v) is 4.35. The molecule has 2 rings (SSSR count). The molecule has 0 heterocycles. The van der Waals surface area contributed by atoms with Gasteiger partial charge in [0.05, 0.1) is 6.61 Å². The molecule has 4 nitrogen and oxygen atoms in total. The van der Waals surface area contributed by atoms with Crippen LogP contribution in [0.25, 0.3) is 0 Å². The Labute approximate surface area is 121 Å². The van der Waals surface area contributed by atoms with Crippen LogP contribution in [0.5, 0.6) is 0 Å². The summed E-state index contributed by atoms with van der Waals surface area (Å²) in [6.07, 6.45) is 2.19. The van der Waals surface area contributed by atoms with Crippen molar-refractivity contribution in [2.75, 3.05) is 26.7 Å². The highest BCUT2D eigenvalue weighted by Gasteiger charge is 2.45. The van der Waals surface area contributed by atoms with Gasteiger partial charge in [0.25, 0.3) is 0 Å². The number of carbonyl (C=O) groups excluding carboxylic acids is 1. The molecule has 0 atom stereocenters. The Morgan fingerprint density at radius 3 is 2.74 bits per heavy atom. The normalized spacial score (nSPS) is 15.9. The second kappa shape index (κ2) is 5.92. The molecule has 2 N–H and O–H groups in total. The summed E-state index contributed by atoms with van der Waals surface area (Å²) >= 11 is 3.58. The molecule has 0 spiro atoms. The van der Waals surface area contributed by atoms with E-state index in [0.717, 1.165) is 17.3 Å². The topological polar surface area (TPSA) is 52.6 Å². The number of amides is 2. The minimum absolute atomic E-state index is 0.0146. The minimum atomic E-state index is -0.132. The molecule has 2 amide bonds. The van der Waals surface area contributed by atoms with E-state index in [2.05, 4.69) is 27.3 Å². The first-order valence-electron chi connectivity index (χ1n) is 6.44. The number of rotatable bonds is 5. The largest absolute Gasteiger partial charge is 0.395 e. The summed E-state index contributed by atoms with van der Waals surface area (Å²) in [7, 11) is 1.68. The number of urea groups is 1. The number of aliphatic hydroxyl groups excluding tert-OH is 1. The molecule has 1 aliphatic carbocycles. The number of nitrogens with zero attached hydrogens (tertiary/aromatic N) is 1. The van der Waals surface area contributed by atoms with Crippen LogP contribution in [0.2, 0.25) is 0 Å². The van der Waals surface area contributed by atoms with Crippen LogP contribution in [-0.4, -0.2) is 42.8 Å². The van der Waals surface area contributed by atoms with E-state index in [1.54, 1.807) is 7.05 Å². The number of nitrogens with one attached hydrogen (secondary N) is 1. The molecule has 5 heteroatoms. The van der Waals surface area contributed by atoms with Crippen molar-refractivity contribution in [1.82, 2.24) is 10.2 Å². The SMILES string of the molecule is CN(CCO)C(=O)NCC1(c2ccccc2Br)CC1. The van der Waals surface area contributed by atoms with Gasteiger partial charge in [-0.05, 0) is 24.5 Å². The van der Waals surface area contributed by atoms with Gasteiger partial charge in [0, 0.05) is 30.0 Å². The fourth-order valence-corrected chi connectivity index (χ4v) is 2.92. The Balaban J connectivity index is 1.96. The zero-order chi connectivity index (χ0) is 13.9. The van der Waals surface area contributed by atoms with Gasteiger partial charge >= 0.3 is 6.03 Å². The molecule has 0 aliphatic heterocycles. The fourth-order valence-electron chi connectivity index (χ4n) is 2.21. The van der Waals surface area contributed by atoms with E-state index in [-0.39, 0.29) is 18.1 Å². The van der Waals surface area contributed by atoms with Gasteiger partial charge in [-0.25, -0.2) is 4.79 Å². The van der Waals surface area contributed by atoms with Gasteiger partial charge < -0.3 is 15.3 Å². The Morgan fingerprint density at radius 1 is 1.47 bits per heavy atom. The first-order chi connectivity index (χ1) is 9.09. The summed E-state index contributed by atoms with van der Waals surface area (Å²) in [6, 6.07) is 8.04. The predicted octanol–water partition coefficient (Wildman–Crippen LogP) is 2.11. The highest BCUT2D eigenvalue weighted by molar-refractivity contribution is 9.10. The summed E-state index contributed by atoms with van der Waals surface area (Å²) in [6.45, 7) is 0.984. The van der Waals surface area contributed by atoms with Crippen LogP contribution in [-0.2, 0) is 5.41 Å². The van der Waals surface area contributed by atoms with Crippen molar-refractivity contribution in [3.8, 4) is 0 Å². The van der Waals surface area contributed by atoms with Crippen molar-refractivity contribution >= 4 is 22.0 Å². The maximum atomic E-state index is 11.8. The lowest BCUT2D eigenvalue weighted by Gasteiger charge is -2.21. The van der Waals surface area contributed by atoms with Gasteiger partial charge in [-0.1, -0.05) is 34.1 Å². The molecule has 0 unspecified atom stereocenters. The van der Waals surface area contributed by atoms with Crippen molar-refractivity contribution in [2.24, 2.45) is 0 Å². The van der Waals surface area contributed by atoms with Crippen molar-refractivity contribution in [3.05, 3.63) is 34.3 Å². The summed E-state index contributed by atoms with van der Waals surface area (Å²) in [5, 5.41) is 11.8. The van der Waals surface area contributed by atoms with Gasteiger partial charge in [-0.2, -0.15) is 0 Å². The number of aliphatic hydroxyl groups is 1. The van der Waals surface area contributed by atoms with Crippen LogP contribution >= 0.6 is 15.9 Å². The lowest BCUT2D eigenvalue weighted by molar-refractivity contribution is 0.189. The first-order valence-corrected chi connectivity index (χ1v) is 7.23. The fraction of sp³-hybridized carbons (Fsp3) is 0.500. The lowest BCUT2D eigenvalue weighted by atomic mass is 9.96. The highest BCUT2D eigenvalue weighted by Crippen LogP contribution is 2.49. The Morgan fingerprint density at radius 2 is 2.16 bits per heavy atom.